The maximum Gasteiger partial charge on any atom is 0.326 e. The Hall–Kier alpha value is -1.32. The zero-order chi connectivity index (χ0) is 11.9. The lowest BCUT2D eigenvalue weighted by atomic mass is 9.93. The van der Waals surface area contributed by atoms with Crippen molar-refractivity contribution >= 4 is 5.97 Å². The van der Waals surface area contributed by atoms with Crippen LogP contribution in [0.25, 0.3) is 0 Å². The number of aliphatic carboxylic acids is 1. The van der Waals surface area contributed by atoms with E-state index in [1.54, 1.807) is 0 Å². The zero-order valence-corrected chi connectivity index (χ0v) is 10.0. The predicted molar refractivity (Wildman–Crippen MR) is 60.5 cm³/mol. The molecule has 0 unspecified atom stereocenters. The molecule has 1 aliphatic heterocycles. The van der Waals surface area contributed by atoms with Crippen molar-refractivity contribution in [1.82, 2.24) is 9.55 Å². The molecule has 0 amide bonds. The number of fused-ring (bicyclic) bond motifs is 1. The molecule has 1 aromatic rings. The quantitative estimate of drug-likeness (QED) is 0.792. The van der Waals surface area contributed by atoms with Crippen LogP contribution in [-0.2, 0) is 16.6 Å². The Morgan fingerprint density at radius 2 is 2.25 bits per heavy atom. The van der Waals surface area contributed by atoms with Crippen LogP contribution < -0.4 is 0 Å². The molecule has 2 rings (SSSR count). The molecule has 0 radical (unpaired) electrons. The van der Waals surface area contributed by atoms with Crippen LogP contribution in [0.4, 0.5) is 0 Å². The number of hydrogen-bond donors (Lipinski definition) is 1. The largest absolute Gasteiger partial charge is 0.480 e. The number of carbonyl (C=O) groups is 1. The fourth-order valence-corrected chi connectivity index (χ4v) is 2.08. The summed E-state index contributed by atoms with van der Waals surface area (Å²) in [6, 6.07) is -0.424. The molecule has 0 fully saturated rings. The van der Waals surface area contributed by atoms with Crippen LogP contribution in [0.1, 0.15) is 51.2 Å². The fourth-order valence-electron chi connectivity index (χ4n) is 2.08. The first-order valence-electron chi connectivity index (χ1n) is 5.70. The molecule has 0 saturated carbocycles. The van der Waals surface area contributed by atoms with E-state index in [1.165, 1.54) is 0 Å². The molecule has 16 heavy (non-hydrogen) atoms. The van der Waals surface area contributed by atoms with Gasteiger partial charge in [0.1, 0.15) is 11.9 Å². The normalized spacial score (nSPS) is 20.6. The molecule has 0 aromatic carbocycles. The molecule has 0 saturated heterocycles. The van der Waals surface area contributed by atoms with Crippen LogP contribution in [0.5, 0.6) is 0 Å². The molecule has 0 spiro atoms. The van der Waals surface area contributed by atoms with Gasteiger partial charge in [0.2, 0.25) is 0 Å². The summed E-state index contributed by atoms with van der Waals surface area (Å²) in [6.07, 6.45) is 4.42. The Kier molecular flexibility index (Phi) is 2.52. The maximum atomic E-state index is 11.1. The van der Waals surface area contributed by atoms with Crippen molar-refractivity contribution in [3.05, 3.63) is 17.7 Å². The van der Waals surface area contributed by atoms with Gasteiger partial charge in [-0.1, -0.05) is 20.8 Å². The summed E-state index contributed by atoms with van der Waals surface area (Å²) in [5.74, 6) is 0.169. The molecule has 1 N–H and O–H groups in total. The number of hydrogen-bond acceptors (Lipinski definition) is 2. The number of imidazole rings is 1. The molecule has 4 heteroatoms. The molecule has 4 nitrogen and oxygen atoms in total. The van der Waals surface area contributed by atoms with E-state index in [0.717, 1.165) is 24.4 Å². The van der Waals surface area contributed by atoms with Crippen molar-refractivity contribution in [2.45, 2.75) is 51.5 Å². The van der Waals surface area contributed by atoms with Crippen LogP contribution in [0.15, 0.2) is 6.20 Å². The molecule has 1 aromatic heterocycles. The molecule has 2 heterocycles. The van der Waals surface area contributed by atoms with Gasteiger partial charge in [0.25, 0.3) is 0 Å². The molecular weight excluding hydrogens is 204 g/mol. The van der Waals surface area contributed by atoms with Gasteiger partial charge >= 0.3 is 5.97 Å². The van der Waals surface area contributed by atoms with E-state index in [0.29, 0.717) is 6.42 Å². The fraction of sp³-hybridized carbons (Fsp3) is 0.667. The molecule has 0 bridgehead atoms. The Morgan fingerprint density at radius 1 is 1.56 bits per heavy atom. The number of carboxylic acids is 1. The molecule has 1 aliphatic rings. The predicted octanol–water partition coefficient (Wildman–Crippen LogP) is 2.14. The van der Waals surface area contributed by atoms with Crippen molar-refractivity contribution in [2.24, 2.45) is 0 Å². The lowest BCUT2D eigenvalue weighted by molar-refractivity contribution is -0.141. The summed E-state index contributed by atoms with van der Waals surface area (Å²) in [5, 5.41) is 9.15. The lowest BCUT2D eigenvalue weighted by Gasteiger charge is -2.21. The summed E-state index contributed by atoms with van der Waals surface area (Å²) in [5.41, 5.74) is 0.962. The van der Waals surface area contributed by atoms with Crippen LogP contribution in [0.2, 0.25) is 0 Å². The first-order chi connectivity index (χ1) is 7.39. The lowest BCUT2D eigenvalue weighted by Crippen LogP contribution is -2.24. The average Bonchev–Trinajstić information content (AvgIpc) is 2.59. The van der Waals surface area contributed by atoms with Crippen LogP contribution in [0, 0.1) is 0 Å². The SMILES string of the molecule is CC(C)(C)c1cn2c(n1)CCC[C@H]2C(=O)O. The Balaban J connectivity index is 2.42. The Morgan fingerprint density at radius 3 is 2.81 bits per heavy atom. The zero-order valence-electron chi connectivity index (χ0n) is 10.0. The van der Waals surface area contributed by atoms with Gasteiger partial charge in [-0.05, 0) is 12.8 Å². The van der Waals surface area contributed by atoms with Gasteiger partial charge in [0.15, 0.2) is 0 Å². The highest BCUT2D eigenvalue weighted by Gasteiger charge is 2.29. The second-order valence-corrected chi connectivity index (χ2v) is 5.45. The third-order valence-electron chi connectivity index (χ3n) is 3.08. The van der Waals surface area contributed by atoms with Gasteiger partial charge in [-0.15, -0.1) is 0 Å². The van der Waals surface area contributed by atoms with Crippen LogP contribution >= 0.6 is 0 Å². The minimum Gasteiger partial charge on any atom is -0.480 e. The van der Waals surface area contributed by atoms with E-state index in [9.17, 15) is 4.79 Å². The first kappa shape index (κ1) is 11.2. The highest BCUT2D eigenvalue weighted by atomic mass is 16.4. The summed E-state index contributed by atoms with van der Waals surface area (Å²) < 4.78 is 1.84. The highest BCUT2D eigenvalue weighted by Crippen LogP contribution is 2.29. The number of aryl methyl sites for hydroxylation is 1. The smallest absolute Gasteiger partial charge is 0.326 e. The van der Waals surface area contributed by atoms with E-state index in [4.69, 9.17) is 5.11 Å². The number of aromatic nitrogens is 2. The van der Waals surface area contributed by atoms with Crippen LogP contribution in [-0.4, -0.2) is 20.6 Å². The number of nitrogens with zero attached hydrogens (tertiary/aromatic N) is 2. The van der Waals surface area contributed by atoms with Gasteiger partial charge in [-0.2, -0.15) is 0 Å². The van der Waals surface area contributed by atoms with Gasteiger partial charge in [0.05, 0.1) is 5.69 Å². The minimum absolute atomic E-state index is 0.0204. The summed E-state index contributed by atoms with van der Waals surface area (Å²) in [6.45, 7) is 6.28. The molecular formula is C12H18N2O2. The summed E-state index contributed by atoms with van der Waals surface area (Å²) >= 11 is 0. The Bertz CT molecular complexity index is 415. The third kappa shape index (κ3) is 1.84. The van der Waals surface area contributed by atoms with Crippen molar-refractivity contribution in [1.29, 1.82) is 0 Å². The summed E-state index contributed by atoms with van der Waals surface area (Å²) in [4.78, 5) is 15.7. The monoisotopic (exact) mass is 222 g/mol. The van der Waals surface area contributed by atoms with Crippen molar-refractivity contribution in [3.8, 4) is 0 Å². The second kappa shape index (κ2) is 3.61. The van der Waals surface area contributed by atoms with E-state index < -0.39 is 12.0 Å². The van der Waals surface area contributed by atoms with Crippen molar-refractivity contribution in [3.63, 3.8) is 0 Å². The van der Waals surface area contributed by atoms with Gasteiger partial charge in [0, 0.05) is 18.0 Å². The summed E-state index contributed by atoms with van der Waals surface area (Å²) in [7, 11) is 0. The maximum absolute atomic E-state index is 11.1. The average molecular weight is 222 g/mol. The third-order valence-corrected chi connectivity index (χ3v) is 3.08. The molecule has 88 valence electrons. The standard InChI is InChI=1S/C12H18N2O2/c1-12(2,3)9-7-14-8(11(15)16)5-4-6-10(14)13-9/h7-8H,4-6H2,1-3H3,(H,15,16)/t8-/m0/s1. The first-order valence-corrected chi connectivity index (χ1v) is 5.70. The van der Waals surface area contributed by atoms with Crippen molar-refractivity contribution < 1.29 is 9.90 Å². The van der Waals surface area contributed by atoms with Crippen LogP contribution in [0.3, 0.4) is 0 Å². The second-order valence-electron chi connectivity index (χ2n) is 5.45. The Labute approximate surface area is 95.3 Å². The van der Waals surface area contributed by atoms with E-state index in [2.05, 4.69) is 25.8 Å². The topological polar surface area (TPSA) is 55.1 Å². The molecule has 0 aliphatic carbocycles. The van der Waals surface area contributed by atoms with Gasteiger partial charge < -0.3 is 9.67 Å². The van der Waals surface area contributed by atoms with E-state index >= 15 is 0 Å². The van der Waals surface area contributed by atoms with E-state index in [1.807, 2.05) is 10.8 Å². The van der Waals surface area contributed by atoms with E-state index in [-0.39, 0.29) is 5.41 Å². The van der Waals surface area contributed by atoms with Gasteiger partial charge in [-0.3, -0.25) is 0 Å². The number of carboxylic acid groups (broad SMARTS) is 1. The van der Waals surface area contributed by atoms with Gasteiger partial charge in [-0.25, -0.2) is 9.78 Å². The molecule has 1 atom stereocenters. The van der Waals surface area contributed by atoms with Crippen molar-refractivity contribution in [2.75, 3.05) is 0 Å². The minimum atomic E-state index is -0.751. The number of rotatable bonds is 1. The highest BCUT2D eigenvalue weighted by molar-refractivity contribution is 5.72.